The summed E-state index contributed by atoms with van der Waals surface area (Å²) in [6, 6.07) is 6.55. The van der Waals surface area contributed by atoms with Gasteiger partial charge in [-0.3, -0.25) is 9.59 Å². The van der Waals surface area contributed by atoms with Gasteiger partial charge in [-0.25, -0.2) is 0 Å². The molecule has 20 heavy (non-hydrogen) atoms. The van der Waals surface area contributed by atoms with Crippen LogP contribution in [0.1, 0.15) is 49.4 Å². The van der Waals surface area contributed by atoms with Gasteiger partial charge in [0.05, 0.1) is 12.5 Å². The summed E-state index contributed by atoms with van der Waals surface area (Å²) < 4.78 is 0. The highest BCUT2D eigenvalue weighted by atomic mass is 16.2. The first-order valence-electron chi connectivity index (χ1n) is 7.47. The van der Waals surface area contributed by atoms with Crippen molar-refractivity contribution in [1.82, 2.24) is 4.90 Å². The molecule has 0 bridgehead atoms. The molecule has 1 fully saturated rings. The van der Waals surface area contributed by atoms with E-state index in [-0.39, 0.29) is 24.2 Å². The number of nitrogens with zero attached hydrogens (tertiary/aromatic N) is 1. The van der Waals surface area contributed by atoms with Crippen LogP contribution >= 0.6 is 0 Å². The molecule has 106 valence electrons. The molecular formula is C17H21NO2. The predicted octanol–water partition coefficient (Wildman–Crippen LogP) is 2.67. The van der Waals surface area contributed by atoms with Gasteiger partial charge >= 0.3 is 0 Å². The largest absolute Gasteiger partial charge is 0.334 e. The zero-order valence-corrected chi connectivity index (χ0v) is 12.2. The number of hydrogen-bond donors (Lipinski definition) is 0. The van der Waals surface area contributed by atoms with Gasteiger partial charge in [0.2, 0.25) is 5.91 Å². The Morgan fingerprint density at radius 3 is 2.85 bits per heavy atom. The number of fused-ring (bicyclic) bond motifs is 3. The zero-order valence-electron chi connectivity index (χ0n) is 12.2. The number of benzene rings is 1. The molecule has 3 rings (SSSR count). The predicted molar refractivity (Wildman–Crippen MR) is 77.4 cm³/mol. The summed E-state index contributed by atoms with van der Waals surface area (Å²) in [5, 5.41) is 0. The summed E-state index contributed by atoms with van der Waals surface area (Å²) in [5.41, 5.74) is 3.87. The minimum absolute atomic E-state index is 0.00292. The molecule has 1 aromatic carbocycles. The Hall–Kier alpha value is -1.64. The summed E-state index contributed by atoms with van der Waals surface area (Å²) >= 11 is 0. The van der Waals surface area contributed by atoms with Crippen LogP contribution in [0.5, 0.6) is 0 Å². The lowest BCUT2D eigenvalue weighted by atomic mass is 9.84. The van der Waals surface area contributed by atoms with Crippen LogP contribution < -0.4 is 0 Å². The fraction of sp³-hybridized carbons (Fsp3) is 0.529. The van der Waals surface area contributed by atoms with Crippen molar-refractivity contribution in [2.45, 2.75) is 45.6 Å². The monoisotopic (exact) mass is 271 g/mol. The molecule has 0 radical (unpaired) electrons. The normalized spacial score (nSPS) is 21.9. The first-order chi connectivity index (χ1) is 9.54. The van der Waals surface area contributed by atoms with Crippen molar-refractivity contribution >= 4 is 11.7 Å². The lowest BCUT2D eigenvalue weighted by molar-refractivity contribution is -0.143. The maximum atomic E-state index is 12.0. The lowest BCUT2D eigenvalue weighted by Gasteiger charge is -2.40. The van der Waals surface area contributed by atoms with Crippen molar-refractivity contribution in [3.63, 3.8) is 0 Å². The molecule has 0 aliphatic carbocycles. The van der Waals surface area contributed by atoms with Crippen LogP contribution in [-0.2, 0) is 22.4 Å². The van der Waals surface area contributed by atoms with Crippen molar-refractivity contribution in [2.24, 2.45) is 5.92 Å². The second-order valence-electron chi connectivity index (χ2n) is 6.40. The van der Waals surface area contributed by atoms with Gasteiger partial charge in [0.1, 0.15) is 5.78 Å². The highest BCUT2D eigenvalue weighted by Gasteiger charge is 2.36. The highest BCUT2D eigenvalue weighted by Crippen LogP contribution is 2.36. The van der Waals surface area contributed by atoms with Gasteiger partial charge in [-0.2, -0.15) is 0 Å². The van der Waals surface area contributed by atoms with Gasteiger partial charge in [0.25, 0.3) is 0 Å². The van der Waals surface area contributed by atoms with Gasteiger partial charge in [0, 0.05) is 13.0 Å². The summed E-state index contributed by atoms with van der Waals surface area (Å²) in [7, 11) is 0. The van der Waals surface area contributed by atoms with Gasteiger partial charge in [-0.15, -0.1) is 0 Å². The SMILES string of the molecule is CC(C)Cc1ccc2c(c1)CCN1C(=O)CC(=O)CC21. The van der Waals surface area contributed by atoms with Crippen LogP contribution in [0.15, 0.2) is 18.2 Å². The smallest absolute Gasteiger partial charge is 0.230 e. The maximum Gasteiger partial charge on any atom is 0.230 e. The number of carbonyl (C=O) groups is 2. The molecule has 2 heterocycles. The van der Waals surface area contributed by atoms with Crippen LogP contribution in [0, 0.1) is 5.92 Å². The van der Waals surface area contributed by atoms with E-state index in [4.69, 9.17) is 0 Å². The van der Waals surface area contributed by atoms with Crippen molar-refractivity contribution < 1.29 is 9.59 Å². The highest BCUT2D eigenvalue weighted by molar-refractivity contribution is 6.01. The van der Waals surface area contributed by atoms with Crippen molar-refractivity contribution in [2.75, 3.05) is 6.54 Å². The van der Waals surface area contributed by atoms with Crippen molar-refractivity contribution in [1.29, 1.82) is 0 Å². The third kappa shape index (κ3) is 2.37. The van der Waals surface area contributed by atoms with Crippen molar-refractivity contribution in [3.8, 4) is 0 Å². The Labute approximate surface area is 120 Å². The Balaban J connectivity index is 1.92. The number of Topliss-reactive ketones (excluding diaryl/α,β-unsaturated/α-hetero) is 1. The third-order valence-corrected chi connectivity index (χ3v) is 4.30. The summed E-state index contributed by atoms with van der Waals surface area (Å²) in [6.45, 7) is 5.20. The Bertz CT molecular complexity index is 562. The Morgan fingerprint density at radius 1 is 1.30 bits per heavy atom. The molecule has 1 atom stereocenters. The number of hydrogen-bond acceptors (Lipinski definition) is 2. The molecule has 0 N–H and O–H groups in total. The Morgan fingerprint density at radius 2 is 2.10 bits per heavy atom. The molecule has 0 aromatic heterocycles. The van der Waals surface area contributed by atoms with Gasteiger partial charge in [-0.1, -0.05) is 32.0 Å². The molecule has 2 aliphatic heterocycles. The molecule has 2 aliphatic rings. The van der Waals surface area contributed by atoms with E-state index in [2.05, 4.69) is 32.0 Å². The van der Waals surface area contributed by atoms with E-state index in [1.807, 2.05) is 4.90 Å². The van der Waals surface area contributed by atoms with E-state index in [1.165, 1.54) is 16.7 Å². The number of piperidine rings is 1. The standard InChI is InChI=1S/C17H21NO2/c1-11(2)7-12-3-4-15-13(8-12)5-6-18-16(15)9-14(19)10-17(18)20/h3-4,8,11,16H,5-7,9-10H2,1-2H3. The van der Waals surface area contributed by atoms with Crippen LogP contribution in [0.25, 0.3) is 0 Å². The molecule has 3 nitrogen and oxygen atoms in total. The molecule has 0 spiro atoms. The van der Waals surface area contributed by atoms with E-state index in [0.717, 1.165) is 19.4 Å². The van der Waals surface area contributed by atoms with Crippen LogP contribution in [0.4, 0.5) is 0 Å². The van der Waals surface area contributed by atoms with Crippen LogP contribution in [0.2, 0.25) is 0 Å². The number of amides is 1. The van der Waals surface area contributed by atoms with E-state index in [9.17, 15) is 9.59 Å². The van der Waals surface area contributed by atoms with E-state index in [1.54, 1.807) is 0 Å². The number of rotatable bonds is 2. The minimum Gasteiger partial charge on any atom is -0.334 e. The molecular weight excluding hydrogens is 250 g/mol. The molecule has 1 unspecified atom stereocenters. The third-order valence-electron chi connectivity index (χ3n) is 4.30. The number of carbonyl (C=O) groups excluding carboxylic acids is 2. The van der Waals surface area contributed by atoms with Gasteiger partial charge in [0.15, 0.2) is 0 Å². The molecule has 3 heteroatoms. The summed E-state index contributed by atoms with van der Waals surface area (Å²) in [4.78, 5) is 25.6. The first kappa shape index (κ1) is 13.3. The second-order valence-corrected chi connectivity index (χ2v) is 6.40. The topological polar surface area (TPSA) is 37.4 Å². The first-order valence-corrected chi connectivity index (χ1v) is 7.47. The van der Waals surface area contributed by atoms with Crippen LogP contribution in [0.3, 0.4) is 0 Å². The fourth-order valence-corrected chi connectivity index (χ4v) is 3.44. The lowest BCUT2D eigenvalue weighted by Crippen LogP contribution is -2.45. The summed E-state index contributed by atoms with van der Waals surface area (Å²) in [6.07, 6.45) is 2.58. The molecule has 0 saturated carbocycles. The molecule has 1 amide bonds. The average Bonchev–Trinajstić information content (AvgIpc) is 2.37. The van der Waals surface area contributed by atoms with Crippen molar-refractivity contribution in [3.05, 3.63) is 34.9 Å². The van der Waals surface area contributed by atoms with E-state index >= 15 is 0 Å². The quantitative estimate of drug-likeness (QED) is 0.776. The van der Waals surface area contributed by atoms with E-state index < -0.39 is 0 Å². The average molecular weight is 271 g/mol. The summed E-state index contributed by atoms with van der Waals surface area (Å²) in [5.74, 6) is 0.726. The van der Waals surface area contributed by atoms with Crippen LogP contribution in [-0.4, -0.2) is 23.1 Å². The minimum atomic E-state index is -0.0133. The number of ketones is 1. The van der Waals surface area contributed by atoms with E-state index in [0.29, 0.717) is 12.3 Å². The van der Waals surface area contributed by atoms with Gasteiger partial charge in [-0.05, 0) is 35.4 Å². The fourth-order valence-electron chi connectivity index (χ4n) is 3.44. The Kier molecular flexibility index (Phi) is 3.36. The maximum absolute atomic E-state index is 12.0. The zero-order chi connectivity index (χ0) is 14.3. The molecule has 1 saturated heterocycles. The van der Waals surface area contributed by atoms with Gasteiger partial charge < -0.3 is 4.90 Å². The second kappa shape index (κ2) is 5.04. The molecule has 1 aromatic rings.